The van der Waals surface area contributed by atoms with Crippen LogP contribution in [0.5, 0.6) is 0 Å². The third kappa shape index (κ3) is 6.52. The fourth-order valence-electron chi connectivity index (χ4n) is 2.25. The first kappa shape index (κ1) is 24.2. The molecule has 0 aromatic heterocycles. The molecule has 0 heterocycles. The smallest absolute Gasteiger partial charge is 0.269 e. The summed E-state index contributed by atoms with van der Waals surface area (Å²) in [4.78, 5) is 21.9. The summed E-state index contributed by atoms with van der Waals surface area (Å²) in [6, 6.07) is 4.51. The van der Waals surface area contributed by atoms with Crippen LogP contribution in [0.3, 0.4) is 0 Å². The fraction of sp³-hybridized carbons (Fsp3) is 0.533. The predicted molar refractivity (Wildman–Crippen MR) is 101 cm³/mol. The van der Waals surface area contributed by atoms with Crippen molar-refractivity contribution >= 4 is 34.0 Å². The lowest BCUT2D eigenvalue weighted by Crippen LogP contribution is -2.53. The number of nitrogens with two attached hydrogens (primary N) is 1. The highest BCUT2D eigenvalue weighted by atomic mass is 35.5. The second-order valence-corrected chi connectivity index (χ2v) is 7.41. The van der Waals surface area contributed by atoms with Crippen molar-refractivity contribution in [3.8, 4) is 0 Å². The van der Waals surface area contributed by atoms with Crippen molar-refractivity contribution in [1.82, 2.24) is 10.0 Å². The van der Waals surface area contributed by atoms with E-state index in [1.807, 2.05) is 13.8 Å². The Morgan fingerprint density at radius 3 is 2.19 bits per heavy atom. The molecule has 0 radical (unpaired) electrons. The van der Waals surface area contributed by atoms with Gasteiger partial charge in [0.15, 0.2) is 0 Å². The van der Waals surface area contributed by atoms with Crippen molar-refractivity contribution in [3.05, 3.63) is 34.4 Å². The number of benzene rings is 1. The average Bonchev–Trinajstić information content (AvgIpc) is 2.59. The van der Waals surface area contributed by atoms with Crippen LogP contribution in [0.4, 0.5) is 5.69 Å². The van der Waals surface area contributed by atoms with Crippen molar-refractivity contribution in [2.45, 2.75) is 43.5 Å². The molecular weight excluding hydrogens is 384 g/mol. The zero-order valence-electron chi connectivity index (χ0n) is 14.7. The van der Waals surface area contributed by atoms with Crippen molar-refractivity contribution < 1.29 is 18.1 Å². The maximum atomic E-state index is 12.1. The zero-order valence-corrected chi connectivity index (χ0v) is 16.4. The summed E-state index contributed by atoms with van der Waals surface area (Å²) in [5.41, 5.74) is 5.03. The van der Waals surface area contributed by atoms with Crippen molar-refractivity contribution in [1.29, 1.82) is 0 Å². The Morgan fingerprint density at radius 1 is 1.23 bits per heavy atom. The van der Waals surface area contributed by atoms with E-state index >= 15 is 0 Å². The molecule has 0 unspecified atom stereocenters. The fourth-order valence-corrected chi connectivity index (χ4v) is 3.29. The number of amides is 1. The highest BCUT2D eigenvalue weighted by Gasteiger charge is 2.26. The van der Waals surface area contributed by atoms with Crippen LogP contribution in [0, 0.1) is 10.1 Å². The Hall–Kier alpha value is -1.75. The van der Waals surface area contributed by atoms with Gasteiger partial charge in [-0.1, -0.05) is 13.8 Å². The number of halogens is 1. The van der Waals surface area contributed by atoms with Crippen LogP contribution in [0.15, 0.2) is 29.2 Å². The number of nitro groups is 1. The molecule has 148 valence electrons. The quantitative estimate of drug-likeness (QED) is 0.393. The summed E-state index contributed by atoms with van der Waals surface area (Å²) in [6.45, 7) is 4.07. The Labute approximate surface area is 159 Å². The van der Waals surface area contributed by atoms with Gasteiger partial charge in [0.05, 0.1) is 15.4 Å². The molecule has 4 N–H and O–H groups in total. The van der Waals surface area contributed by atoms with Gasteiger partial charge in [-0.3, -0.25) is 14.9 Å². The molecule has 0 saturated heterocycles. The number of hydrogen-bond donors (Lipinski definition) is 3. The van der Waals surface area contributed by atoms with Crippen LogP contribution in [0.25, 0.3) is 0 Å². The number of sulfonamides is 1. The standard InChI is InChI=1S/C15H24N4O5S.ClH/c1-3-15(4-2,11-16)18-14(20)9-10-17-25(23,24)13-7-5-12(6-8-13)19(21)22;/h5-8,17H,3-4,9-11,16H2,1-2H3,(H,18,20);1H. The molecule has 26 heavy (non-hydrogen) atoms. The molecule has 0 atom stereocenters. The van der Waals surface area contributed by atoms with Crippen molar-refractivity contribution in [2.75, 3.05) is 13.1 Å². The molecule has 1 amide bonds. The third-order valence-corrected chi connectivity index (χ3v) is 5.63. The number of non-ortho nitro benzene ring substituents is 1. The SMILES string of the molecule is CCC(CC)(CN)NC(=O)CCNS(=O)(=O)c1ccc([N+](=O)[O-])cc1.Cl. The van der Waals surface area contributed by atoms with Crippen LogP contribution in [0.2, 0.25) is 0 Å². The largest absolute Gasteiger partial charge is 0.349 e. The van der Waals surface area contributed by atoms with E-state index in [0.29, 0.717) is 19.4 Å². The summed E-state index contributed by atoms with van der Waals surface area (Å²) < 4.78 is 26.5. The number of carbonyl (C=O) groups is 1. The monoisotopic (exact) mass is 408 g/mol. The van der Waals surface area contributed by atoms with E-state index in [-0.39, 0.29) is 41.9 Å². The number of rotatable bonds is 10. The zero-order chi connectivity index (χ0) is 19.1. The molecule has 0 aliphatic rings. The second-order valence-electron chi connectivity index (χ2n) is 5.64. The Kier molecular flexibility index (Phi) is 9.71. The van der Waals surface area contributed by atoms with E-state index < -0.39 is 20.5 Å². The minimum absolute atomic E-state index is 0. The normalized spacial score (nSPS) is 11.5. The molecule has 11 heteroatoms. The highest BCUT2D eigenvalue weighted by molar-refractivity contribution is 7.89. The maximum absolute atomic E-state index is 12.1. The predicted octanol–water partition coefficient (Wildman–Crippen LogP) is 1.32. The number of nitro benzene ring substituents is 1. The molecule has 0 bridgehead atoms. The number of nitrogens with one attached hydrogen (secondary N) is 2. The Bertz CT molecular complexity index is 697. The number of hydrogen-bond acceptors (Lipinski definition) is 6. The summed E-state index contributed by atoms with van der Waals surface area (Å²) in [5.74, 6) is -0.291. The molecular formula is C15H25ClN4O5S. The van der Waals surface area contributed by atoms with E-state index in [2.05, 4.69) is 10.0 Å². The van der Waals surface area contributed by atoms with E-state index in [1.165, 1.54) is 0 Å². The molecule has 1 aromatic carbocycles. The van der Waals surface area contributed by atoms with Gasteiger partial charge < -0.3 is 11.1 Å². The summed E-state index contributed by atoms with van der Waals surface area (Å²) in [5, 5.41) is 13.4. The van der Waals surface area contributed by atoms with E-state index in [0.717, 1.165) is 24.3 Å². The lowest BCUT2D eigenvalue weighted by Gasteiger charge is -2.31. The first-order valence-electron chi connectivity index (χ1n) is 7.95. The molecule has 1 rings (SSSR count). The molecule has 0 fully saturated rings. The first-order chi connectivity index (χ1) is 11.7. The lowest BCUT2D eigenvalue weighted by atomic mass is 9.93. The van der Waals surface area contributed by atoms with Crippen molar-refractivity contribution in [3.63, 3.8) is 0 Å². The number of carbonyl (C=O) groups excluding carboxylic acids is 1. The maximum Gasteiger partial charge on any atom is 0.269 e. The van der Waals surface area contributed by atoms with E-state index in [4.69, 9.17) is 5.73 Å². The van der Waals surface area contributed by atoms with Crippen LogP contribution < -0.4 is 15.8 Å². The van der Waals surface area contributed by atoms with Gasteiger partial charge in [-0.15, -0.1) is 12.4 Å². The molecule has 9 nitrogen and oxygen atoms in total. The third-order valence-electron chi connectivity index (χ3n) is 4.15. The number of nitrogens with zero attached hydrogens (tertiary/aromatic N) is 1. The Morgan fingerprint density at radius 2 is 1.77 bits per heavy atom. The van der Waals surface area contributed by atoms with E-state index in [1.54, 1.807) is 0 Å². The van der Waals surface area contributed by atoms with Gasteiger partial charge in [0.1, 0.15) is 0 Å². The second kappa shape index (κ2) is 10.4. The molecule has 1 aromatic rings. The van der Waals surface area contributed by atoms with Gasteiger partial charge in [0, 0.05) is 31.6 Å². The highest BCUT2D eigenvalue weighted by Crippen LogP contribution is 2.16. The van der Waals surface area contributed by atoms with Gasteiger partial charge in [0.25, 0.3) is 5.69 Å². The lowest BCUT2D eigenvalue weighted by molar-refractivity contribution is -0.384. The molecule has 0 aliphatic heterocycles. The van der Waals surface area contributed by atoms with Gasteiger partial charge in [0.2, 0.25) is 15.9 Å². The van der Waals surface area contributed by atoms with Crippen LogP contribution in [-0.2, 0) is 14.8 Å². The van der Waals surface area contributed by atoms with Crippen LogP contribution in [0.1, 0.15) is 33.1 Å². The summed E-state index contributed by atoms with van der Waals surface area (Å²) in [7, 11) is -3.84. The minimum atomic E-state index is -3.84. The summed E-state index contributed by atoms with van der Waals surface area (Å²) in [6.07, 6.45) is 1.33. The van der Waals surface area contributed by atoms with Gasteiger partial charge in [-0.2, -0.15) is 0 Å². The first-order valence-corrected chi connectivity index (χ1v) is 9.43. The topological polar surface area (TPSA) is 144 Å². The molecule has 0 spiro atoms. The minimum Gasteiger partial charge on any atom is -0.349 e. The van der Waals surface area contributed by atoms with Gasteiger partial charge >= 0.3 is 0 Å². The van der Waals surface area contributed by atoms with E-state index in [9.17, 15) is 23.3 Å². The molecule has 0 saturated carbocycles. The van der Waals surface area contributed by atoms with Gasteiger partial charge in [-0.25, -0.2) is 13.1 Å². The van der Waals surface area contributed by atoms with Crippen molar-refractivity contribution in [2.24, 2.45) is 5.73 Å². The average molecular weight is 409 g/mol. The van der Waals surface area contributed by atoms with Gasteiger partial charge in [-0.05, 0) is 25.0 Å². The summed E-state index contributed by atoms with van der Waals surface area (Å²) >= 11 is 0. The van der Waals surface area contributed by atoms with Crippen LogP contribution in [-0.4, -0.2) is 37.9 Å². The molecule has 0 aliphatic carbocycles. The van der Waals surface area contributed by atoms with Crippen LogP contribution >= 0.6 is 12.4 Å². The Balaban J connectivity index is 0.00000625.